The van der Waals surface area contributed by atoms with E-state index >= 15 is 0 Å². The molecule has 31 heavy (non-hydrogen) atoms. The Morgan fingerprint density at radius 1 is 1.16 bits per heavy atom. The van der Waals surface area contributed by atoms with Gasteiger partial charge in [0.15, 0.2) is 0 Å². The molecule has 2 heterocycles. The highest BCUT2D eigenvalue weighted by molar-refractivity contribution is 7.88. The number of carbonyl (C=O) groups is 2. The van der Waals surface area contributed by atoms with Gasteiger partial charge in [-0.05, 0) is 25.0 Å². The summed E-state index contributed by atoms with van der Waals surface area (Å²) in [6, 6.07) is 10.2. The number of carbonyl (C=O) groups excluding carboxylic acids is 2. The largest absolute Gasteiger partial charge is 0.354 e. The van der Waals surface area contributed by atoms with Crippen molar-refractivity contribution in [1.82, 2.24) is 24.3 Å². The van der Waals surface area contributed by atoms with E-state index in [0.29, 0.717) is 38.3 Å². The highest BCUT2D eigenvalue weighted by atomic mass is 32.2. The van der Waals surface area contributed by atoms with Crippen LogP contribution in [0.3, 0.4) is 0 Å². The monoisotopic (exact) mass is 447 g/mol. The molecule has 2 aromatic rings. The summed E-state index contributed by atoms with van der Waals surface area (Å²) in [5.41, 5.74) is 1.10. The predicted octanol–water partition coefficient (Wildman–Crippen LogP) is 1.26. The zero-order valence-corrected chi connectivity index (χ0v) is 18.7. The topological polar surface area (TPSA) is 105 Å². The standard InChI is InChI=1S/C21H29N5O4S/c1-3-25-14-10-18(23-25)21(28)24-12-7-13-26(31(2,29)30)19(16-20(27)22-11-15-24)17-8-5-4-6-9-17/h4-6,8-10,14,19H,3,7,11-13,15-16H2,1-2H3,(H,22,27). The summed E-state index contributed by atoms with van der Waals surface area (Å²) in [5, 5.41) is 7.10. The van der Waals surface area contributed by atoms with Gasteiger partial charge in [-0.25, -0.2) is 8.42 Å². The van der Waals surface area contributed by atoms with Crippen LogP contribution in [0.1, 0.15) is 41.9 Å². The molecule has 0 spiro atoms. The molecule has 1 unspecified atom stereocenters. The van der Waals surface area contributed by atoms with E-state index in [9.17, 15) is 18.0 Å². The first kappa shape index (κ1) is 23.0. The van der Waals surface area contributed by atoms with E-state index in [0.717, 1.165) is 11.8 Å². The molecule has 168 valence electrons. The van der Waals surface area contributed by atoms with Gasteiger partial charge in [0.05, 0.1) is 12.3 Å². The van der Waals surface area contributed by atoms with Gasteiger partial charge in [-0.2, -0.15) is 9.40 Å². The number of nitrogens with zero attached hydrogens (tertiary/aromatic N) is 4. The maximum Gasteiger partial charge on any atom is 0.274 e. The summed E-state index contributed by atoms with van der Waals surface area (Å²) in [6.07, 6.45) is 3.37. The minimum absolute atomic E-state index is 0.0198. The molecule has 3 rings (SSSR count). The fourth-order valence-corrected chi connectivity index (χ4v) is 4.86. The Morgan fingerprint density at radius 3 is 2.55 bits per heavy atom. The molecule has 1 saturated heterocycles. The average Bonchev–Trinajstić information content (AvgIpc) is 3.21. The van der Waals surface area contributed by atoms with Gasteiger partial charge in [-0.1, -0.05) is 30.3 Å². The number of hydrogen-bond acceptors (Lipinski definition) is 5. The first-order valence-corrected chi connectivity index (χ1v) is 12.3. The minimum Gasteiger partial charge on any atom is -0.354 e. The van der Waals surface area contributed by atoms with Crippen molar-refractivity contribution < 1.29 is 18.0 Å². The molecule has 1 aromatic heterocycles. The Morgan fingerprint density at radius 2 is 1.90 bits per heavy atom. The van der Waals surface area contributed by atoms with Crippen LogP contribution in [-0.2, 0) is 21.4 Å². The summed E-state index contributed by atoms with van der Waals surface area (Å²) >= 11 is 0. The van der Waals surface area contributed by atoms with Gasteiger partial charge in [-0.3, -0.25) is 14.3 Å². The van der Waals surface area contributed by atoms with Gasteiger partial charge < -0.3 is 10.2 Å². The van der Waals surface area contributed by atoms with Gasteiger partial charge >= 0.3 is 0 Å². The second-order valence-corrected chi connectivity index (χ2v) is 9.49. The molecule has 0 saturated carbocycles. The normalized spacial score (nSPS) is 19.5. The van der Waals surface area contributed by atoms with E-state index in [1.165, 1.54) is 4.31 Å². The number of aryl methyl sites for hydroxylation is 1. The predicted molar refractivity (Wildman–Crippen MR) is 117 cm³/mol. The fraction of sp³-hybridized carbons (Fsp3) is 0.476. The first-order chi connectivity index (χ1) is 14.8. The lowest BCUT2D eigenvalue weighted by Gasteiger charge is -2.30. The van der Waals surface area contributed by atoms with Crippen LogP contribution in [0.15, 0.2) is 42.6 Å². The van der Waals surface area contributed by atoms with Crippen molar-refractivity contribution in [2.45, 2.75) is 32.4 Å². The van der Waals surface area contributed by atoms with Crippen LogP contribution in [0.25, 0.3) is 0 Å². The molecule has 1 N–H and O–H groups in total. The van der Waals surface area contributed by atoms with Crippen LogP contribution in [0, 0.1) is 0 Å². The highest BCUT2D eigenvalue weighted by Gasteiger charge is 2.31. The van der Waals surface area contributed by atoms with Crippen molar-refractivity contribution in [3.8, 4) is 0 Å². The highest BCUT2D eigenvalue weighted by Crippen LogP contribution is 2.27. The van der Waals surface area contributed by atoms with E-state index < -0.39 is 16.1 Å². The van der Waals surface area contributed by atoms with Crippen LogP contribution in [-0.4, -0.2) is 71.7 Å². The third-order valence-corrected chi connectivity index (χ3v) is 6.61. The molecule has 1 aliphatic heterocycles. The Kier molecular flexibility index (Phi) is 7.45. The van der Waals surface area contributed by atoms with Crippen molar-refractivity contribution in [1.29, 1.82) is 0 Å². The smallest absolute Gasteiger partial charge is 0.274 e. The quantitative estimate of drug-likeness (QED) is 0.760. The Hall–Kier alpha value is -2.72. The second-order valence-electron chi connectivity index (χ2n) is 7.56. The van der Waals surface area contributed by atoms with Crippen LogP contribution in [0.4, 0.5) is 0 Å². The lowest BCUT2D eigenvalue weighted by atomic mass is 10.0. The number of amides is 2. The molecule has 0 aliphatic carbocycles. The van der Waals surface area contributed by atoms with E-state index in [4.69, 9.17) is 0 Å². The molecule has 0 radical (unpaired) electrons. The van der Waals surface area contributed by atoms with E-state index in [1.807, 2.05) is 37.3 Å². The third-order valence-electron chi connectivity index (χ3n) is 5.32. The van der Waals surface area contributed by atoms with Crippen molar-refractivity contribution >= 4 is 21.8 Å². The fourth-order valence-electron chi connectivity index (χ4n) is 3.74. The van der Waals surface area contributed by atoms with E-state index in [-0.39, 0.29) is 24.8 Å². The van der Waals surface area contributed by atoms with Crippen molar-refractivity contribution in [3.63, 3.8) is 0 Å². The lowest BCUT2D eigenvalue weighted by Crippen LogP contribution is -2.39. The Balaban J connectivity index is 1.84. The van der Waals surface area contributed by atoms with Gasteiger partial charge in [0.2, 0.25) is 15.9 Å². The van der Waals surface area contributed by atoms with Gasteiger partial charge in [0, 0.05) is 45.3 Å². The van der Waals surface area contributed by atoms with Gasteiger partial charge in [0.1, 0.15) is 5.69 Å². The maximum atomic E-state index is 12.9. The number of hydrogen-bond donors (Lipinski definition) is 1. The van der Waals surface area contributed by atoms with Gasteiger partial charge in [0.25, 0.3) is 5.91 Å². The number of benzene rings is 1. The van der Waals surface area contributed by atoms with Crippen LogP contribution < -0.4 is 5.32 Å². The minimum atomic E-state index is -3.58. The lowest BCUT2D eigenvalue weighted by molar-refractivity contribution is -0.122. The SMILES string of the molecule is CCn1ccc(C(=O)N2CCCN(S(C)(=O)=O)C(c3ccccc3)CC(=O)NCC2)n1. The van der Waals surface area contributed by atoms with Crippen LogP contribution in [0.5, 0.6) is 0 Å². The summed E-state index contributed by atoms with van der Waals surface area (Å²) in [6.45, 7) is 3.79. The number of nitrogens with one attached hydrogen (secondary N) is 1. The van der Waals surface area contributed by atoms with E-state index in [2.05, 4.69) is 10.4 Å². The molecular weight excluding hydrogens is 418 g/mol. The Bertz CT molecular complexity index is 1010. The maximum absolute atomic E-state index is 12.9. The third kappa shape index (κ3) is 5.92. The number of aromatic nitrogens is 2. The average molecular weight is 448 g/mol. The zero-order chi connectivity index (χ0) is 22.4. The van der Waals surface area contributed by atoms with Crippen LogP contribution in [0.2, 0.25) is 0 Å². The molecule has 1 atom stereocenters. The number of sulfonamides is 1. The second kappa shape index (κ2) is 10.1. The number of rotatable bonds is 4. The molecule has 2 amide bonds. The zero-order valence-electron chi connectivity index (χ0n) is 17.9. The molecule has 0 bridgehead atoms. The Labute approximate surface area is 183 Å². The van der Waals surface area contributed by atoms with E-state index in [1.54, 1.807) is 21.8 Å². The molecule has 9 nitrogen and oxygen atoms in total. The summed E-state index contributed by atoms with van der Waals surface area (Å²) in [5.74, 6) is -0.488. The van der Waals surface area contributed by atoms with Crippen molar-refractivity contribution in [3.05, 3.63) is 53.9 Å². The molecule has 1 aromatic carbocycles. The van der Waals surface area contributed by atoms with Gasteiger partial charge in [-0.15, -0.1) is 0 Å². The summed E-state index contributed by atoms with van der Waals surface area (Å²) in [7, 11) is -3.58. The molecule has 1 fully saturated rings. The van der Waals surface area contributed by atoms with Crippen molar-refractivity contribution in [2.75, 3.05) is 32.4 Å². The van der Waals surface area contributed by atoms with Crippen molar-refractivity contribution in [2.24, 2.45) is 0 Å². The van der Waals surface area contributed by atoms with Crippen LogP contribution >= 0.6 is 0 Å². The summed E-state index contributed by atoms with van der Waals surface area (Å²) < 4.78 is 28.2. The summed E-state index contributed by atoms with van der Waals surface area (Å²) in [4.78, 5) is 27.2. The molecule has 10 heteroatoms. The molecular formula is C21H29N5O4S. The molecule has 1 aliphatic rings. The first-order valence-electron chi connectivity index (χ1n) is 10.4.